The van der Waals surface area contributed by atoms with Gasteiger partial charge in [-0.2, -0.15) is 0 Å². The predicted molar refractivity (Wildman–Crippen MR) is 124 cm³/mol. The fraction of sp³-hybridized carbons (Fsp3) is 0.360. The summed E-state index contributed by atoms with van der Waals surface area (Å²) < 4.78 is 10.5. The van der Waals surface area contributed by atoms with Gasteiger partial charge in [0.25, 0.3) is 11.8 Å². The maximum absolute atomic E-state index is 13.1. The number of hydrogen-bond acceptors (Lipinski definition) is 6. The minimum absolute atomic E-state index is 0.321. The van der Waals surface area contributed by atoms with Crippen LogP contribution in [0, 0.1) is 0 Å². The Kier molecular flexibility index (Phi) is 7.88. The van der Waals surface area contributed by atoms with E-state index >= 15 is 0 Å². The molecule has 34 heavy (non-hydrogen) atoms. The highest BCUT2D eigenvalue weighted by Crippen LogP contribution is 2.32. The van der Waals surface area contributed by atoms with Crippen LogP contribution in [0.2, 0.25) is 0 Å². The highest BCUT2D eigenvalue weighted by atomic mass is 16.5. The summed E-state index contributed by atoms with van der Waals surface area (Å²) in [5.74, 6) is -1.03. The van der Waals surface area contributed by atoms with Crippen LogP contribution in [0.3, 0.4) is 0 Å². The van der Waals surface area contributed by atoms with E-state index in [0.29, 0.717) is 25.1 Å². The summed E-state index contributed by atoms with van der Waals surface area (Å²) in [5, 5.41) is 2.71. The Hall–Kier alpha value is -3.88. The molecule has 1 N–H and O–H groups in total. The van der Waals surface area contributed by atoms with Crippen molar-refractivity contribution in [1.82, 2.24) is 15.1 Å². The van der Waals surface area contributed by atoms with Crippen molar-refractivity contribution >= 4 is 23.8 Å². The summed E-state index contributed by atoms with van der Waals surface area (Å²) >= 11 is 0. The molecule has 9 heteroatoms. The second-order valence-corrected chi connectivity index (χ2v) is 7.93. The molecule has 0 bridgehead atoms. The Balaban J connectivity index is 1.53. The quantitative estimate of drug-likeness (QED) is 0.425. The standard InChI is InChI=1S/C25H29N3O6/c1-4-25(19-9-7-6-8-10-19)23(31)28(24(32)26-25)16-22(30)34-17-21(29)27(3)15-18-11-13-20(14-12-18)33-5-2/h6-14H,4-5,15-17H2,1-3H3,(H,26,32). The molecule has 2 aromatic rings. The van der Waals surface area contributed by atoms with Crippen molar-refractivity contribution in [3.63, 3.8) is 0 Å². The molecular weight excluding hydrogens is 438 g/mol. The highest BCUT2D eigenvalue weighted by molar-refractivity contribution is 6.09. The van der Waals surface area contributed by atoms with Crippen LogP contribution in [0.1, 0.15) is 31.4 Å². The summed E-state index contributed by atoms with van der Waals surface area (Å²) in [4.78, 5) is 52.5. The highest BCUT2D eigenvalue weighted by Gasteiger charge is 2.51. The number of nitrogens with one attached hydrogen (secondary N) is 1. The Morgan fingerprint density at radius 2 is 1.71 bits per heavy atom. The first-order valence-corrected chi connectivity index (χ1v) is 11.1. The lowest BCUT2D eigenvalue weighted by atomic mass is 9.87. The van der Waals surface area contributed by atoms with E-state index in [9.17, 15) is 19.2 Å². The van der Waals surface area contributed by atoms with Gasteiger partial charge in [0.1, 0.15) is 17.8 Å². The zero-order valence-electron chi connectivity index (χ0n) is 19.6. The molecule has 9 nitrogen and oxygen atoms in total. The second kappa shape index (κ2) is 10.8. The maximum atomic E-state index is 13.1. The maximum Gasteiger partial charge on any atom is 0.326 e. The van der Waals surface area contributed by atoms with Gasteiger partial charge in [0, 0.05) is 13.6 Å². The lowest BCUT2D eigenvalue weighted by molar-refractivity contribution is -0.153. The number of carbonyl (C=O) groups is 4. The molecule has 0 radical (unpaired) electrons. The molecule has 1 unspecified atom stereocenters. The summed E-state index contributed by atoms with van der Waals surface area (Å²) in [6, 6.07) is 15.5. The van der Waals surface area contributed by atoms with Crippen LogP contribution in [-0.4, -0.2) is 60.4 Å². The van der Waals surface area contributed by atoms with Crippen molar-refractivity contribution in [3.8, 4) is 5.75 Å². The van der Waals surface area contributed by atoms with E-state index in [0.717, 1.165) is 16.2 Å². The number of urea groups is 1. The zero-order valence-corrected chi connectivity index (χ0v) is 19.6. The number of amides is 4. The molecule has 4 amide bonds. The van der Waals surface area contributed by atoms with Crippen LogP contribution < -0.4 is 10.1 Å². The van der Waals surface area contributed by atoms with Crippen LogP contribution in [0.25, 0.3) is 0 Å². The second-order valence-electron chi connectivity index (χ2n) is 7.93. The van der Waals surface area contributed by atoms with E-state index in [1.54, 1.807) is 38.2 Å². The molecule has 1 aliphatic heterocycles. The third-order valence-corrected chi connectivity index (χ3v) is 5.70. The van der Waals surface area contributed by atoms with Crippen molar-refractivity contribution in [3.05, 3.63) is 65.7 Å². The molecule has 1 heterocycles. The van der Waals surface area contributed by atoms with Gasteiger partial charge in [-0.05, 0) is 36.6 Å². The predicted octanol–water partition coefficient (Wildman–Crippen LogP) is 2.44. The number of nitrogens with zero attached hydrogens (tertiary/aromatic N) is 2. The SMILES string of the molecule is CCOc1ccc(CN(C)C(=O)COC(=O)CN2C(=O)NC(CC)(c3ccccc3)C2=O)cc1. The van der Waals surface area contributed by atoms with Crippen molar-refractivity contribution in [2.45, 2.75) is 32.4 Å². The third-order valence-electron chi connectivity index (χ3n) is 5.70. The van der Waals surface area contributed by atoms with Gasteiger partial charge in [-0.15, -0.1) is 0 Å². The number of ether oxygens (including phenoxy) is 2. The average molecular weight is 468 g/mol. The van der Waals surface area contributed by atoms with Crippen LogP contribution >= 0.6 is 0 Å². The summed E-state index contributed by atoms with van der Waals surface area (Å²) in [6.07, 6.45) is 0.321. The summed E-state index contributed by atoms with van der Waals surface area (Å²) in [7, 11) is 1.60. The molecule has 1 saturated heterocycles. The summed E-state index contributed by atoms with van der Waals surface area (Å²) in [6.45, 7) is 3.51. The molecule has 0 aliphatic carbocycles. The van der Waals surface area contributed by atoms with Gasteiger partial charge in [0.2, 0.25) is 0 Å². The molecule has 0 spiro atoms. The number of rotatable bonds is 10. The van der Waals surface area contributed by atoms with Crippen LogP contribution in [0.15, 0.2) is 54.6 Å². The Morgan fingerprint density at radius 1 is 1.03 bits per heavy atom. The Labute approximate surface area is 198 Å². The first-order chi connectivity index (χ1) is 16.3. The van der Waals surface area contributed by atoms with Gasteiger partial charge in [-0.25, -0.2) is 4.79 Å². The van der Waals surface area contributed by atoms with E-state index in [4.69, 9.17) is 9.47 Å². The fourth-order valence-electron chi connectivity index (χ4n) is 3.78. The van der Waals surface area contributed by atoms with E-state index in [1.165, 1.54) is 4.90 Å². The summed E-state index contributed by atoms with van der Waals surface area (Å²) in [5.41, 5.74) is 0.298. The lowest BCUT2D eigenvalue weighted by Crippen LogP contribution is -2.44. The number of likely N-dealkylation sites (N-methyl/N-ethyl adjacent to an activating group) is 1. The molecular formula is C25H29N3O6. The van der Waals surface area contributed by atoms with E-state index in [1.807, 2.05) is 37.3 Å². The Bertz CT molecular complexity index is 1040. The average Bonchev–Trinajstić information content (AvgIpc) is 3.09. The van der Waals surface area contributed by atoms with Crippen molar-refractivity contribution in [2.75, 3.05) is 26.8 Å². The van der Waals surface area contributed by atoms with Gasteiger partial charge in [-0.1, -0.05) is 49.4 Å². The van der Waals surface area contributed by atoms with Crippen molar-refractivity contribution in [2.24, 2.45) is 0 Å². The number of hydrogen-bond donors (Lipinski definition) is 1. The number of esters is 1. The molecule has 1 fully saturated rings. The van der Waals surface area contributed by atoms with Crippen molar-refractivity contribution < 1.29 is 28.7 Å². The van der Waals surface area contributed by atoms with Crippen molar-refractivity contribution in [1.29, 1.82) is 0 Å². The van der Waals surface area contributed by atoms with Crippen LogP contribution in [0.5, 0.6) is 5.75 Å². The molecule has 0 saturated carbocycles. The van der Waals surface area contributed by atoms with Gasteiger partial charge >= 0.3 is 12.0 Å². The minimum Gasteiger partial charge on any atom is -0.494 e. The fourth-order valence-corrected chi connectivity index (χ4v) is 3.78. The molecule has 1 aliphatic rings. The van der Waals surface area contributed by atoms with Gasteiger partial charge in [-0.3, -0.25) is 19.3 Å². The van der Waals surface area contributed by atoms with Gasteiger partial charge in [0.15, 0.2) is 6.61 Å². The van der Waals surface area contributed by atoms with E-state index in [-0.39, 0.29) is 0 Å². The first-order valence-electron chi connectivity index (χ1n) is 11.1. The van der Waals surface area contributed by atoms with E-state index < -0.39 is 42.5 Å². The molecule has 2 aromatic carbocycles. The van der Waals surface area contributed by atoms with Crippen LogP contribution in [0.4, 0.5) is 4.79 Å². The molecule has 3 rings (SSSR count). The topological polar surface area (TPSA) is 105 Å². The number of benzene rings is 2. The van der Waals surface area contributed by atoms with Crippen LogP contribution in [-0.2, 0) is 31.2 Å². The largest absolute Gasteiger partial charge is 0.494 e. The number of carbonyl (C=O) groups excluding carboxylic acids is 4. The number of imide groups is 1. The third kappa shape index (κ3) is 5.36. The molecule has 0 aromatic heterocycles. The minimum atomic E-state index is -1.23. The lowest BCUT2D eigenvalue weighted by Gasteiger charge is -2.25. The van der Waals surface area contributed by atoms with Gasteiger partial charge < -0.3 is 19.7 Å². The molecule has 180 valence electrons. The van der Waals surface area contributed by atoms with E-state index in [2.05, 4.69) is 5.32 Å². The normalized spacial score (nSPS) is 17.3. The smallest absolute Gasteiger partial charge is 0.326 e. The Morgan fingerprint density at radius 3 is 2.32 bits per heavy atom. The monoisotopic (exact) mass is 467 g/mol. The molecule has 1 atom stereocenters. The van der Waals surface area contributed by atoms with Gasteiger partial charge in [0.05, 0.1) is 6.61 Å². The zero-order chi connectivity index (χ0) is 24.7. The first kappa shape index (κ1) is 24.8.